The van der Waals surface area contributed by atoms with Crippen molar-refractivity contribution in [2.75, 3.05) is 39.4 Å². The maximum Gasteiger partial charge on any atom is 0.227 e. The van der Waals surface area contributed by atoms with Gasteiger partial charge < -0.3 is 9.64 Å². The minimum atomic E-state index is -3.49. The smallest absolute Gasteiger partial charge is 0.227 e. The fourth-order valence-corrected chi connectivity index (χ4v) is 4.93. The van der Waals surface area contributed by atoms with Crippen LogP contribution in [0.15, 0.2) is 18.3 Å². The van der Waals surface area contributed by atoms with E-state index in [1.807, 2.05) is 0 Å². The van der Waals surface area contributed by atoms with Crippen LogP contribution < -0.4 is 0 Å². The second-order valence-electron chi connectivity index (χ2n) is 6.38. The number of sulfonamides is 1. The molecule has 0 bridgehead atoms. The van der Waals surface area contributed by atoms with Gasteiger partial charge in [-0.25, -0.2) is 17.7 Å². The van der Waals surface area contributed by atoms with E-state index in [9.17, 15) is 13.2 Å². The first-order valence-electron chi connectivity index (χ1n) is 8.40. The third-order valence-corrected chi connectivity index (χ3v) is 6.63. The standard InChI is InChI=1S/C16H22ClN3O4S/c17-15-4-3-13(10-18-15)12-25(22,23)20-5-1-2-14(11-20)16(21)19-6-8-24-9-7-19/h3-4,10,14H,1-2,5-9,11-12H2. The first-order valence-corrected chi connectivity index (χ1v) is 10.4. The molecule has 3 rings (SSSR count). The minimum Gasteiger partial charge on any atom is -0.378 e. The highest BCUT2D eigenvalue weighted by molar-refractivity contribution is 7.88. The van der Waals surface area contributed by atoms with Crippen LogP contribution in [-0.4, -0.2) is 67.9 Å². The van der Waals surface area contributed by atoms with Crippen LogP contribution in [-0.2, 0) is 25.3 Å². The second-order valence-corrected chi connectivity index (χ2v) is 8.74. The number of aromatic nitrogens is 1. The van der Waals surface area contributed by atoms with E-state index in [1.54, 1.807) is 17.0 Å². The zero-order valence-electron chi connectivity index (χ0n) is 13.9. The molecule has 1 amide bonds. The largest absolute Gasteiger partial charge is 0.378 e. The van der Waals surface area contributed by atoms with Crippen LogP contribution in [0.5, 0.6) is 0 Å². The molecule has 25 heavy (non-hydrogen) atoms. The molecule has 0 radical (unpaired) electrons. The number of hydrogen-bond acceptors (Lipinski definition) is 5. The molecular weight excluding hydrogens is 366 g/mol. The third-order valence-electron chi connectivity index (χ3n) is 4.59. The molecule has 2 fully saturated rings. The molecular formula is C16H22ClN3O4S. The van der Waals surface area contributed by atoms with E-state index in [4.69, 9.17) is 16.3 Å². The summed E-state index contributed by atoms with van der Waals surface area (Å²) in [6.45, 7) is 2.96. The van der Waals surface area contributed by atoms with Crippen molar-refractivity contribution in [3.8, 4) is 0 Å². The first-order chi connectivity index (χ1) is 12.0. The number of morpholine rings is 1. The number of amides is 1. The van der Waals surface area contributed by atoms with Crippen LogP contribution in [0.1, 0.15) is 18.4 Å². The average Bonchev–Trinajstić information content (AvgIpc) is 2.64. The maximum atomic E-state index is 12.7. The predicted molar refractivity (Wildman–Crippen MR) is 93.6 cm³/mol. The molecule has 0 saturated carbocycles. The van der Waals surface area contributed by atoms with Crippen LogP contribution in [0.4, 0.5) is 0 Å². The van der Waals surface area contributed by atoms with Crippen molar-refractivity contribution < 1.29 is 17.9 Å². The van der Waals surface area contributed by atoms with E-state index >= 15 is 0 Å². The number of hydrogen-bond donors (Lipinski definition) is 0. The Bertz CT molecular complexity index is 705. The van der Waals surface area contributed by atoms with Crippen LogP contribution in [0, 0.1) is 5.92 Å². The summed E-state index contributed by atoms with van der Waals surface area (Å²) in [6.07, 6.45) is 2.89. The SMILES string of the molecule is O=C(C1CCCN(S(=O)(=O)Cc2ccc(Cl)nc2)C1)N1CCOCC1. The normalized spacial score (nSPS) is 22.8. The minimum absolute atomic E-state index is 0.0383. The van der Waals surface area contributed by atoms with Gasteiger partial charge in [-0.05, 0) is 24.5 Å². The molecule has 1 aromatic heterocycles. The molecule has 1 aromatic rings. The van der Waals surface area contributed by atoms with Gasteiger partial charge in [-0.15, -0.1) is 0 Å². The molecule has 2 aliphatic heterocycles. The van der Waals surface area contributed by atoms with E-state index < -0.39 is 10.0 Å². The summed E-state index contributed by atoms with van der Waals surface area (Å²) in [5.41, 5.74) is 0.589. The lowest BCUT2D eigenvalue weighted by molar-refractivity contribution is -0.140. The van der Waals surface area contributed by atoms with Gasteiger partial charge in [-0.1, -0.05) is 17.7 Å². The summed E-state index contributed by atoms with van der Waals surface area (Å²) in [7, 11) is -3.49. The molecule has 0 aliphatic carbocycles. The highest BCUT2D eigenvalue weighted by Gasteiger charge is 2.34. The van der Waals surface area contributed by atoms with Gasteiger partial charge in [0.1, 0.15) is 5.15 Å². The monoisotopic (exact) mass is 387 g/mol. The first kappa shape index (κ1) is 18.6. The molecule has 0 aromatic carbocycles. The zero-order valence-corrected chi connectivity index (χ0v) is 15.5. The number of rotatable bonds is 4. The number of nitrogens with zero attached hydrogens (tertiary/aromatic N) is 3. The maximum absolute atomic E-state index is 12.7. The molecule has 2 aliphatic rings. The number of carbonyl (C=O) groups is 1. The number of pyridine rings is 1. The van der Waals surface area contributed by atoms with Gasteiger partial charge in [0.25, 0.3) is 0 Å². The van der Waals surface area contributed by atoms with E-state index in [-0.39, 0.29) is 24.1 Å². The average molecular weight is 388 g/mol. The van der Waals surface area contributed by atoms with E-state index in [0.29, 0.717) is 50.0 Å². The fourth-order valence-electron chi connectivity index (χ4n) is 3.23. The Morgan fingerprint density at radius 3 is 2.72 bits per heavy atom. The Morgan fingerprint density at radius 1 is 1.28 bits per heavy atom. The van der Waals surface area contributed by atoms with Gasteiger partial charge in [0.2, 0.25) is 15.9 Å². The van der Waals surface area contributed by atoms with Gasteiger partial charge in [0, 0.05) is 32.4 Å². The molecule has 2 saturated heterocycles. The Kier molecular flexibility index (Phi) is 5.93. The summed E-state index contributed by atoms with van der Waals surface area (Å²) < 4.78 is 32.1. The Morgan fingerprint density at radius 2 is 2.04 bits per heavy atom. The van der Waals surface area contributed by atoms with Crippen LogP contribution in [0.3, 0.4) is 0 Å². The quantitative estimate of drug-likeness (QED) is 0.724. The van der Waals surface area contributed by atoms with Crippen molar-refractivity contribution in [1.29, 1.82) is 0 Å². The molecule has 7 nitrogen and oxygen atoms in total. The molecule has 3 heterocycles. The molecule has 1 atom stereocenters. The lowest BCUT2D eigenvalue weighted by Crippen LogP contribution is -2.49. The Labute approximate surface area is 153 Å². The molecule has 0 N–H and O–H groups in total. The summed E-state index contributed by atoms with van der Waals surface area (Å²) in [5.74, 6) is -0.364. The number of halogens is 1. The zero-order chi connectivity index (χ0) is 17.9. The van der Waals surface area contributed by atoms with Crippen molar-refractivity contribution in [1.82, 2.24) is 14.2 Å². The number of carbonyl (C=O) groups excluding carboxylic acids is 1. The molecule has 9 heteroatoms. The summed E-state index contributed by atoms with van der Waals surface area (Å²) in [5, 5.41) is 0.329. The van der Waals surface area contributed by atoms with Gasteiger partial charge in [-0.2, -0.15) is 0 Å². The highest BCUT2D eigenvalue weighted by Crippen LogP contribution is 2.23. The topological polar surface area (TPSA) is 79.8 Å². The number of ether oxygens (including phenoxy) is 1. The predicted octanol–water partition coefficient (Wildman–Crippen LogP) is 1.14. The van der Waals surface area contributed by atoms with Crippen molar-refractivity contribution in [2.24, 2.45) is 5.92 Å². The lowest BCUT2D eigenvalue weighted by atomic mass is 9.98. The van der Waals surface area contributed by atoms with Crippen molar-refractivity contribution in [3.05, 3.63) is 29.0 Å². The van der Waals surface area contributed by atoms with E-state index in [2.05, 4.69) is 4.98 Å². The van der Waals surface area contributed by atoms with Crippen LogP contribution >= 0.6 is 11.6 Å². The van der Waals surface area contributed by atoms with Crippen molar-refractivity contribution in [3.63, 3.8) is 0 Å². The Hall–Kier alpha value is -1.22. The summed E-state index contributed by atoms with van der Waals surface area (Å²) in [4.78, 5) is 18.4. The number of piperidine rings is 1. The lowest BCUT2D eigenvalue weighted by Gasteiger charge is -2.35. The summed E-state index contributed by atoms with van der Waals surface area (Å²) >= 11 is 5.74. The highest BCUT2D eigenvalue weighted by atomic mass is 35.5. The van der Waals surface area contributed by atoms with E-state index in [1.165, 1.54) is 10.5 Å². The van der Waals surface area contributed by atoms with Crippen LogP contribution in [0.25, 0.3) is 0 Å². The summed E-state index contributed by atoms with van der Waals surface area (Å²) in [6, 6.07) is 3.24. The van der Waals surface area contributed by atoms with Gasteiger partial charge in [-0.3, -0.25) is 4.79 Å². The Balaban J connectivity index is 1.65. The fraction of sp³-hybridized carbons (Fsp3) is 0.625. The van der Waals surface area contributed by atoms with Gasteiger partial charge in [0.05, 0.1) is 24.9 Å². The van der Waals surface area contributed by atoms with Crippen LogP contribution in [0.2, 0.25) is 5.15 Å². The molecule has 0 spiro atoms. The van der Waals surface area contributed by atoms with Crippen molar-refractivity contribution >= 4 is 27.5 Å². The molecule has 1 unspecified atom stereocenters. The molecule has 138 valence electrons. The van der Waals surface area contributed by atoms with Gasteiger partial charge >= 0.3 is 0 Å². The van der Waals surface area contributed by atoms with Crippen molar-refractivity contribution in [2.45, 2.75) is 18.6 Å². The van der Waals surface area contributed by atoms with Gasteiger partial charge in [0.15, 0.2) is 0 Å². The second kappa shape index (κ2) is 7.99. The third kappa shape index (κ3) is 4.69. The van der Waals surface area contributed by atoms with E-state index in [0.717, 1.165) is 6.42 Å².